The van der Waals surface area contributed by atoms with Gasteiger partial charge in [0.15, 0.2) is 0 Å². The van der Waals surface area contributed by atoms with E-state index in [1.54, 1.807) is 23.1 Å². The van der Waals surface area contributed by atoms with Crippen molar-refractivity contribution in [1.29, 1.82) is 0 Å². The van der Waals surface area contributed by atoms with Crippen LogP contribution in [0.2, 0.25) is 10.0 Å². The maximum Gasteiger partial charge on any atom is 0.246 e. The molecule has 0 saturated carbocycles. The summed E-state index contributed by atoms with van der Waals surface area (Å²) in [5, 5.41) is 4.02. The SMILES string of the molecule is CCN(C(=O)CNc1ccc(Cl)c(Cl)c1)c1ccccc1. The van der Waals surface area contributed by atoms with Crippen LogP contribution in [0.5, 0.6) is 0 Å². The third kappa shape index (κ3) is 4.13. The van der Waals surface area contributed by atoms with Crippen molar-refractivity contribution in [3.8, 4) is 0 Å². The highest BCUT2D eigenvalue weighted by Crippen LogP contribution is 2.25. The minimum Gasteiger partial charge on any atom is -0.376 e. The highest BCUT2D eigenvalue weighted by Gasteiger charge is 2.13. The van der Waals surface area contributed by atoms with E-state index in [1.165, 1.54) is 0 Å². The third-order valence-corrected chi connectivity index (χ3v) is 3.79. The van der Waals surface area contributed by atoms with Crippen molar-refractivity contribution in [3.63, 3.8) is 0 Å². The first-order valence-corrected chi connectivity index (χ1v) is 7.41. The zero-order valence-corrected chi connectivity index (χ0v) is 13.2. The predicted molar refractivity (Wildman–Crippen MR) is 89.4 cm³/mol. The molecule has 0 saturated heterocycles. The first kappa shape index (κ1) is 15.7. The van der Waals surface area contributed by atoms with Gasteiger partial charge in [-0.15, -0.1) is 0 Å². The lowest BCUT2D eigenvalue weighted by Crippen LogP contribution is -2.35. The number of halogens is 2. The van der Waals surface area contributed by atoms with Gasteiger partial charge in [-0.25, -0.2) is 0 Å². The smallest absolute Gasteiger partial charge is 0.246 e. The molecule has 2 aromatic rings. The number of benzene rings is 2. The highest BCUT2D eigenvalue weighted by molar-refractivity contribution is 6.42. The van der Waals surface area contributed by atoms with Crippen LogP contribution in [0, 0.1) is 0 Å². The van der Waals surface area contributed by atoms with Gasteiger partial charge in [0.2, 0.25) is 5.91 Å². The van der Waals surface area contributed by atoms with Crippen molar-refractivity contribution < 1.29 is 4.79 Å². The van der Waals surface area contributed by atoms with E-state index in [2.05, 4.69) is 5.32 Å². The minimum absolute atomic E-state index is 0.00484. The molecule has 5 heteroatoms. The number of anilines is 2. The average molecular weight is 323 g/mol. The summed E-state index contributed by atoms with van der Waals surface area (Å²) < 4.78 is 0. The molecule has 0 atom stereocenters. The Hall–Kier alpha value is -1.71. The van der Waals surface area contributed by atoms with Crippen LogP contribution >= 0.6 is 23.2 Å². The number of hydrogen-bond acceptors (Lipinski definition) is 2. The second-order valence-electron chi connectivity index (χ2n) is 4.46. The van der Waals surface area contributed by atoms with Gasteiger partial charge in [-0.05, 0) is 37.3 Å². The summed E-state index contributed by atoms with van der Waals surface area (Å²) >= 11 is 11.8. The molecule has 2 aromatic carbocycles. The van der Waals surface area contributed by atoms with Crippen molar-refractivity contribution in [2.75, 3.05) is 23.3 Å². The summed E-state index contributed by atoms with van der Waals surface area (Å²) in [5.41, 5.74) is 1.66. The van der Waals surface area contributed by atoms with E-state index in [1.807, 2.05) is 37.3 Å². The van der Waals surface area contributed by atoms with Crippen LogP contribution in [0.25, 0.3) is 0 Å². The number of rotatable bonds is 5. The van der Waals surface area contributed by atoms with Gasteiger partial charge in [0.05, 0.1) is 16.6 Å². The minimum atomic E-state index is -0.00484. The molecule has 1 amide bonds. The Morgan fingerprint density at radius 2 is 1.81 bits per heavy atom. The number of nitrogens with zero attached hydrogens (tertiary/aromatic N) is 1. The van der Waals surface area contributed by atoms with E-state index in [0.29, 0.717) is 16.6 Å². The molecule has 0 aromatic heterocycles. The van der Waals surface area contributed by atoms with Gasteiger partial charge in [-0.3, -0.25) is 4.79 Å². The van der Waals surface area contributed by atoms with Crippen LogP contribution in [0.15, 0.2) is 48.5 Å². The first-order chi connectivity index (χ1) is 10.1. The van der Waals surface area contributed by atoms with E-state index >= 15 is 0 Å². The van der Waals surface area contributed by atoms with Crippen molar-refractivity contribution in [2.45, 2.75) is 6.92 Å². The van der Waals surface area contributed by atoms with Gasteiger partial charge in [-0.2, -0.15) is 0 Å². The molecule has 0 aliphatic heterocycles. The number of hydrogen-bond donors (Lipinski definition) is 1. The molecular formula is C16H16Cl2N2O. The Morgan fingerprint density at radius 3 is 2.43 bits per heavy atom. The van der Waals surface area contributed by atoms with Gasteiger partial charge in [0.25, 0.3) is 0 Å². The van der Waals surface area contributed by atoms with Crippen molar-refractivity contribution >= 4 is 40.5 Å². The number of carbonyl (C=O) groups excluding carboxylic acids is 1. The van der Waals surface area contributed by atoms with Gasteiger partial charge < -0.3 is 10.2 Å². The van der Waals surface area contributed by atoms with Gasteiger partial charge in [0.1, 0.15) is 0 Å². The van der Waals surface area contributed by atoms with Crippen LogP contribution in [0.1, 0.15) is 6.92 Å². The lowest BCUT2D eigenvalue weighted by Gasteiger charge is -2.21. The fourth-order valence-electron chi connectivity index (χ4n) is 1.99. The predicted octanol–water partition coefficient (Wildman–Crippen LogP) is 4.46. The lowest BCUT2D eigenvalue weighted by atomic mass is 10.2. The molecule has 0 radical (unpaired) electrons. The zero-order valence-electron chi connectivity index (χ0n) is 11.6. The molecule has 0 fully saturated rings. The molecule has 1 N–H and O–H groups in total. The Kier molecular flexibility index (Phi) is 5.48. The van der Waals surface area contributed by atoms with Crippen LogP contribution in [0.3, 0.4) is 0 Å². The van der Waals surface area contributed by atoms with E-state index in [0.717, 1.165) is 11.4 Å². The van der Waals surface area contributed by atoms with E-state index in [4.69, 9.17) is 23.2 Å². The van der Waals surface area contributed by atoms with Crippen molar-refractivity contribution in [2.24, 2.45) is 0 Å². The largest absolute Gasteiger partial charge is 0.376 e. The molecule has 21 heavy (non-hydrogen) atoms. The maximum absolute atomic E-state index is 12.3. The van der Waals surface area contributed by atoms with Crippen LogP contribution in [-0.2, 0) is 4.79 Å². The van der Waals surface area contributed by atoms with Crippen molar-refractivity contribution in [3.05, 3.63) is 58.6 Å². The number of carbonyl (C=O) groups is 1. The average Bonchev–Trinajstić information content (AvgIpc) is 2.50. The highest BCUT2D eigenvalue weighted by atomic mass is 35.5. The lowest BCUT2D eigenvalue weighted by molar-refractivity contribution is -0.116. The second kappa shape index (κ2) is 7.34. The summed E-state index contributed by atoms with van der Waals surface area (Å²) in [7, 11) is 0. The van der Waals surface area contributed by atoms with Crippen LogP contribution in [0.4, 0.5) is 11.4 Å². The summed E-state index contributed by atoms with van der Waals surface area (Å²) in [6.07, 6.45) is 0. The summed E-state index contributed by atoms with van der Waals surface area (Å²) in [6, 6.07) is 14.8. The first-order valence-electron chi connectivity index (χ1n) is 6.66. The van der Waals surface area contributed by atoms with Crippen LogP contribution < -0.4 is 10.2 Å². The molecule has 0 aliphatic rings. The fraction of sp³-hybridized carbons (Fsp3) is 0.188. The Labute approximate surface area is 134 Å². The van der Waals surface area contributed by atoms with E-state index < -0.39 is 0 Å². The molecule has 0 heterocycles. The molecule has 3 nitrogen and oxygen atoms in total. The number of nitrogens with one attached hydrogen (secondary N) is 1. The van der Waals surface area contributed by atoms with Crippen molar-refractivity contribution in [1.82, 2.24) is 0 Å². The third-order valence-electron chi connectivity index (χ3n) is 3.05. The van der Waals surface area contributed by atoms with Gasteiger partial charge in [0, 0.05) is 17.9 Å². The Morgan fingerprint density at radius 1 is 1.10 bits per heavy atom. The molecular weight excluding hydrogens is 307 g/mol. The number of amides is 1. The van der Waals surface area contributed by atoms with Gasteiger partial charge in [-0.1, -0.05) is 41.4 Å². The quantitative estimate of drug-likeness (QED) is 0.881. The molecule has 0 bridgehead atoms. The Balaban J connectivity index is 2.01. The summed E-state index contributed by atoms with van der Waals surface area (Å²) in [4.78, 5) is 14.0. The maximum atomic E-state index is 12.3. The normalized spacial score (nSPS) is 10.2. The van der Waals surface area contributed by atoms with Crippen LogP contribution in [-0.4, -0.2) is 19.0 Å². The summed E-state index contributed by atoms with van der Waals surface area (Å²) in [6.45, 7) is 2.76. The topological polar surface area (TPSA) is 32.3 Å². The zero-order chi connectivity index (χ0) is 15.2. The van der Waals surface area contributed by atoms with E-state index in [9.17, 15) is 4.79 Å². The molecule has 0 unspecified atom stereocenters. The standard InChI is InChI=1S/C16H16Cl2N2O/c1-2-20(13-6-4-3-5-7-13)16(21)11-19-12-8-9-14(17)15(18)10-12/h3-10,19H,2,11H2,1H3. The second-order valence-corrected chi connectivity index (χ2v) is 5.27. The number of likely N-dealkylation sites (N-methyl/N-ethyl adjacent to an activating group) is 1. The monoisotopic (exact) mass is 322 g/mol. The molecule has 0 aliphatic carbocycles. The molecule has 0 spiro atoms. The summed E-state index contributed by atoms with van der Waals surface area (Å²) in [5.74, 6) is -0.00484. The van der Waals surface area contributed by atoms with Gasteiger partial charge >= 0.3 is 0 Å². The Bertz CT molecular complexity index is 617. The molecule has 2 rings (SSSR count). The number of para-hydroxylation sites is 1. The van der Waals surface area contributed by atoms with E-state index in [-0.39, 0.29) is 12.5 Å². The molecule has 110 valence electrons. The fourth-order valence-corrected chi connectivity index (χ4v) is 2.29.